The molecule has 2 aromatic carbocycles. The summed E-state index contributed by atoms with van der Waals surface area (Å²) < 4.78 is 21.7. The fourth-order valence-electron chi connectivity index (χ4n) is 3.73. The number of anilines is 1. The summed E-state index contributed by atoms with van der Waals surface area (Å²) in [6.07, 6.45) is 5.01. The van der Waals surface area contributed by atoms with Gasteiger partial charge in [-0.05, 0) is 53.6 Å². The van der Waals surface area contributed by atoms with Gasteiger partial charge in [-0.1, -0.05) is 24.3 Å². The van der Waals surface area contributed by atoms with Crippen molar-refractivity contribution in [1.82, 2.24) is 9.97 Å². The highest BCUT2D eigenvalue weighted by Crippen LogP contribution is 2.39. The summed E-state index contributed by atoms with van der Waals surface area (Å²) in [5.74, 6) is -3.28. The molecule has 0 saturated carbocycles. The number of carbonyl (C=O) groups excluding carboxylic acids is 2. The van der Waals surface area contributed by atoms with Gasteiger partial charge in [-0.3, -0.25) is 19.6 Å². The average Bonchev–Trinajstić information content (AvgIpc) is 3.32. The number of halogens is 1. The zero-order chi connectivity index (χ0) is 25.1. The summed E-state index contributed by atoms with van der Waals surface area (Å²) in [7, 11) is 0. The maximum absolute atomic E-state index is 15.1. The minimum absolute atomic E-state index is 0.0585. The lowest BCUT2D eigenvalue weighted by Gasteiger charge is -2.15. The zero-order valence-corrected chi connectivity index (χ0v) is 19.5. The molecule has 1 unspecified atom stereocenters. The number of benzene rings is 2. The number of nitrogens with one attached hydrogen (secondary N) is 1. The molecule has 0 aliphatic carbocycles. The Morgan fingerprint density at radius 1 is 0.944 bits per heavy atom. The van der Waals surface area contributed by atoms with Crippen molar-refractivity contribution in [3.63, 3.8) is 0 Å². The van der Waals surface area contributed by atoms with Crippen molar-refractivity contribution in [1.29, 1.82) is 0 Å². The van der Waals surface area contributed by atoms with Crippen molar-refractivity contribution >= 4 is 39.1 Å². The second kappa shape index (κ2) is 9.93. The minimum Gasteiger partial charge on any atom is -0.453 e. The van der Waals surface area contributed by atoms with Crippen LogP contribution in [0.5, 0.6) is 11.5 Å². The van der Waals surface area contributed by atoms with Crippen molar-refractivity contribution in [3.05, 3.63) is 103 Å². The highest BCUT2D eigenvalue weighted by atomic mass is 32.1. The number of hydrogen-bond donors (Lipinski definition) is 2. The molecule has 0 radical (unpaired) electrons. The predicted molar refractivity (Wildman–Crippen MR) is 136 cm³/mol. The quantitative estimate of drug-likeness (QED) is 0.288. The average molecular weight is 499 g/mol. The number of hydrogen-bond acceptors (Lipinski definition) is 6. The molecule has 2 amide bonds. The molecule has 0 fully saturated rings. The van der Waals surface area contributed by atoms with Crippen LogP contribution < -0.4 is 15.8 Å². The zero-order valence-electron chi connectivity index (χ0n) is 18.7. The fraction of sp³-hybridized carbons (Fsp3) is 0.0370. The maximum atomic E-state index is 15.1. The van der Waals surface area contributed by atoms with E-state index in [1.165, 1.54) is 23.5 Å². The molecular formula is C27H19FN4O3S. The van der Waals surface area contributed by atoms with Crippen LogP contribution in [0.1, 0.15) is 11.5 Å². The first-order valence-electron chi connectivity index (χ1n) is 10.9. The standard InChI is InChI=1S/C27H19FN4O3S/c28-19-14-17(24(26(29)33)27(34)32-18-4-2-1-3-5-18)6-7-21(19)35-22-10-13-31-20-15-23(36-25(20)22)16-8-11-30-12-9-16/h1-15,24H,(H2,29,33)(H,32,34). The van der Waals surface area contributed by atoms with Crippen LogP contribution in [0.15, 0.2) is 91.4 Å². The van der Waals surface area contributed by atoms with Gasteiger partial charge in [-0.25, -0.2) is 4.39 Å². The van der Waals surface area contributed by atoms with E-state index in [4.69, 9.17) is 10.5 Å². The molecule has 9 heteroatoms. The van der Waals surface area contributed by atoms with Crippen LogP contribution in [-0.2, 0) is 9.59 Å². The van der Waals surface area contributed by atoms with E-state index in [-0.39, 0.29) is 11.3 Å². The van der Waals surface area contributed by atoms with Gasteiger partial charge in [0.05, 0.1) is 10.2 Å². The van der Waals surface area contributed by atoms with E-state index in [1.807, 2.05) is 18.2 Å². The van der Waals surface area contributed by atoms with E-state index in [0.717, 1.165) is 21.2 Å². The Hall–Kier alpha value is -4.63. The van der Waals surface area contributed by atoms with Gasteiger partial charge in [-0.2, -0.15) is 0 Å². The summed E-state index contributed by atoms with van der Waals surface area (Å²) in [6, 6.07) is 19.9. The van der Waals surface area contributed by atoms with Crippen LogP contribution in [0.2, 0.25) is 0 Å². The van der Waals surface area contributed by atoms with Crippen molar-refractivity contribution in [2.24, 2.45) is 5.73 Å². The third kappa shape index (κ3) is 4.77. The number of thiophene rings is 1. The molecule has 0 bridgehead atoms. The van der Waals surface area contributed by atoms with Crippen LogP contribution in [0.4, 0.5) is 10.1 Å². The molecule has 0 aliphatic rings. The van der Waals surface area contributed by atoms with Gasteiger partial charge in [0.2, 0.25) is 11.8 Å². The van der Waals surface area contributed by atoms with Crippen molar-refractivity contribution in [2.45, 2.75) is 5.92 Å². The summed E-state index contributed by atoms with van der Waals surface area (Å²) in [5, 5.41) is 2.63. The molecule has 5 aromatic rings. The first-order valence-corrected chi connectivity index (χ1v) is 11.7. The third-order valence-electron chi connectivity index (χ3n) is 5.44. The van der Waals surface area contributed by atoms with Gasteiger partial charge in [0.15, 0.2) is 11.6 Å². The number of ether oxygens (including phenoxy) is 1. The Labute approximate surface area is 209 Å². The normalized spacial score (nSPS) is 11.7. The Bertz CT molecular complexity index is 1560. The van der Waals surface area contributed by atoms with Crippen molar-refractivity contribution < 1.29 is 18.7 Å². The van der Waals surface area contributed by atoms with E-state index in [9.17, 15) is 9.59 Å². The highest BCUT2D eigenvalue weighted by molar-refractivity contribution is 7.22. The molecular weight excluding hydrogens is 479 g/mol. The SMILES string of the molecule is NC(=O)C(C(=O)Nc1ccccc1)c1ccc(Oc2ccnc3cc(-c4ccncc4)sc23)c(F)c1. The van der Waals surface area contributed by atoms with Gasteiger partial charge in [0.1, 0.15) is 11.7 Å². The van der Waals surface area contributed by atoms with Gasteiger partial charge >= 0.3 is 0 Å². The number of nitrogens with two attached hydrogens (primary N) is 1. The smallest absolute Gasteiger partial charge is 0.241 e. The Balaban J connectivity index is 1.41. The number of fused-ring (bicyclic) bond motifs is 1. The topological polar surface area (TPSA) is 107 Å². The van der Waals surface area contributed by atoms with Crippen LogP contribution >= 0.6 is 11.3 Å². The third-order valence-corrected chi connectivity index (χ3v) is 6.63. The van der Waals surface area contributed by atoms with E-state index in [1.54, 1.807) is 55.0 Å². The molecule has 1 atom stereocenters. The number of carbonyl (C=O) groups is 2. The Kier molecular flexibility index (Phi) is 6.38. The summed E-state index contributed by atoms with van der Waals surface area (Å²) >= 11 is 1.47. The van der Waals surface area contributed by atoms with E-state index in [0.29, 0.717) is 17.0 Å². The second-order valence-corrected chi connectivity index (χ2v) is 8.90. The lowest BCUT2D eigenvalue weighted by molar-refractivity contribution is -0.127. The van der Waals surface area contributed by atoms with E-state index in [2.05, 4.69) is 15.3 Å². The van der Waals surface area contributed by atoms with E-state index >= 15 is 4.39 Å². The number of rotatable bonds is 7. The number of primary amides is 1. The lowest BCUT2D eigenvalue weighted by Crippen LogP contribution is -2.32. The molecule has 7 nitrogen and oxygen atoms in total. The van der Waals surface area contributed by atoms with E-state index < -0.39 is 23.5 Å². The van der Waals surface area contributed by atoms with Gasteiger partial charge < -0.3 is 15.8 Å². The van der Waals surface area contributed by atoms with Crippen LogP contribution in [0.25, 0.3) is 20.7 Å². The lowest BCUT2D eigenvalue weighted by atomic mass is 9.97. The van der Waals surface area contributed by atoms with Crippen molar-refractivity contribution in [2.75, 3.05) is 5.32 Å². The minimum atomic E-state index is -1.37. The number of nitrogens with zero attached hydrogens (tertiary/aromatic N) is 2. The fourth-order valence-corrected chi connectivity index (χ4v) is 4.80. The second-order valence-electron chi connectivity index (χ2n) is 7.85. The highest BCUT2D eigenvalue weighted by Gasteiger charge is 2.28. The molecule has 0 aliphatic heterocycles. The largest absolute Gasteiger partial charge is 0.453 e. The maximum Gasteiger partial charge on any atom is 0.241 e. The molecule has 178 valence electrons. The van der Waals surface area contributed by atoms with Crippen molar-refractivity contribution in [3.8, 4) is 21.9 Å². The van der Waals surface area contributed by atoms with Crippen LogP contribution in [-0.4, -0.2) is 21.8 Å². The number of amides is 2. The number of para-hydroxylation sites is 1. The Morgan fingerprint density at radius 3 is 2.44 bits per heavy atom. The molecule has 0 spiro atoms. The van der Waals surface area contributed by atoms with Crippen LogP contribution in [0.3, 0.4) is 0 Å². The molecule has 5 rings (SSSR count). The summed E-state index contributed by atoms with van der Waals surface area (Å²) in [6.45, 7) is 0. The molecule has 3 heterocycles. The first kappa shape index (κ1) is 23.1. The summed E-state index contributed by atoms with van der Waals surface area (Å²) in [5.41, 5.74) is 7.81. The van der Waals surface area contributed by atoms with Gasteiger partial charge in [0, 0.05) is 35.2 Å². The first-order chi connectivity index (χ1) is 17.5. The molecule has 3 N–H and O–H groups in total. The van der Waals surface area contributed by atoms with Gasteiger partial charge in [0.25, 0.3) is 0 Å². The molecule has 3 aromatic heterocycles. The number of pyridine rings is 2. The predicted octanol–water partition coefficient (Wildman–Crippen LogP) is 5.50. The summed E-state index contributed by atoms with van der Waals surface area (Å²) in [4.78, 5) is 34.2. The van der Waals surface area contributed by atoms with Crippen LogP contribution in [0, 0.1) is 5.82 Å². The molecule has 36 heavy (non-hydrogen) atoms. The van der Waals surface area contributed by atoms with Gasteiger partial charge in [-0.15, -0.1) is 11.3 Å². The molecule has 0 saturated heterocycles. The monoisotopic (exact) mass is 498 g/mol. The Morgan fingerprint density at radius 2 is 1.72 bits per heavy atom. The number of aromatic nitrogens is 2.